The van der Waals surface area contributed by atoms with E-state index in [4.69, 9.17) is 14.9 Å². The van der Waals surface area contributed by atoms with Crippen LogP contribution in [0.15, 0.2) is 4.42 Å². The van der Waals surface area contributed by atoms with Gasteiger partial charge in [0.2, 0.25) is 0 Å². The summed E-state index contributed by atoms with van der Waals surface area (Å²) >= 11 is 0. The highest BCUT2D eigenvalue weighted by Crippen LogP contribution is 2.04. The molecule has 0 aliphatic heterocycles. The maximum atomic E-state index is 5.20. The van der Waals surface area contributed by atoms with E-state index < -0.39 is 0 Å². The topological polar surface area (TPSA) is 86.2 Å². The van der Waals surface area contributed by atoms with Crippen molar-refractivity contribution >= 4 is 12.0 Å². The Kier molecular flexibility index (Phi) is 3.34. The lowest BCUT2D eigenvalue weighted by molar-refractivity contribution is 0.157. The molecule has 0 fully saturated rings. The number of hydrogen-bond donors (Lipinski definition) is 2. The quantitative estimate of drug-likeness (QED) is 0.612. The first-order valence-corrected chi connectivity index (χ1v) is 3.73. The van der Waals surface area contributed by atoms with Gasteiger partial charge in [0, 0.05) is 13.2 Å². The third-order valence-electron chi connectivity index (χ3n) is 1.17. The molecule has 0 aliphatic rings. The number of rotatable bonds is 5. The molecule has 1 heterocycles. The molecular weight excluding hydrogens is 160 g/mol. The second kappa shape index (κ2) is 4.55. The fourth-order valence-corrected chi connectivity index (χ4v) is 0.680. The first-order valence-electron chi connectivity index (χ1n) is 3.73. The Hall–Kier alpha value is -1.30. The highest BCUT2D eigenvalue weighted by molar-refractivity contribution is 5.21. The van der Waals surface area contributed by atoms with Gasteiger partial charge in [-0.3, -0.25) is 0 Å². The number of ether oxygens (including phenoxy) is 1. The van der Waals surface area contributed by atoms with E-state index >= 15 is 0 Å². The van der Waals surface area contributed by atoms with Crippen molar-refractivity contribution in [1.82, 2.24) is 10.2 Å². The Morgan fingerprint density at radius 2 is 2.42 bits per heavy atom. The van der Waals surface area contributed by atoms with Gasteiger partial charge < -0.3 is 20.2 Å². The smallest absolute Gasteiger partial charge is 0.316 e. The fraction of sp³-hybridized carbons (Fsp3) is 0.667. The minimum Gasteiger partial charge on any atom is -0.390 e. The van der Waals surface area contributed by atoms with Gasteiger partial charge in [0.05, 0.1) is 6.61 Å². The van der Waals surface area contributed by atoms with Crippen LogP contribution in [0.4, 0.5) is 12.0 Å². The van der Waals surface area contributed by atoms with E-state index in [1.165, 1.54) is 0 Å². The van der Waals surface area contributed by atoms with Gasteiger partial charge in [-0.25, -0.2) is 0 Å². The average Bonchev–Trinajstić information content (AvgIpc) is 2.45. The monoisotopic (exact) mass is 172 g/mol. The number of nitrogens with one attached hydrogen (secondary N) is 1. The SMILES string of the molecule is CCOCCNc1nnc(N)o1. The molecule has 0 spiro atoms. The van der Waals surface area contributed by atoms with Gasteiger partial charge in [-0.05, 0) is 6.92 Å². The number of hydrogen-bond acceptors (Lipinski definition) is 6. The summed E-state index contributed by atoms with van der Waals surface area (Å²) in [5, 5.41) is 9.93. The van der Waals surface area contributed by atoms with Crippen LogP contribution >= 0.6 is 0 Å². The van der Waals surface area contributed by atoms with Crippen LogP contribution in [-0.2, 0) is 4.74 Å². The molecule has 0 radical (unpaired) electrons. The molecule has 6 heteroatoms. The Morgan fingerprint density at radius 1 is 1.58 bits per heavy atom. The number of aromatic nitrogens is 2. The van der Waals surface area contributed by atoms with E-state index in [0.717, 1.165) is 0 Å². The van der Waals surface area contributed by atoms with Crippen molar-refractivity contribution in [2.75, 3.05) is 30.8 Å². The van der Waals surface area contributed by atoms with Gasteiger partial charge in [-0.2, -0.15) is 0 Å². The lowest BCUT2D eigenvalue weighted by atomic mass is 10.7. The second-order valence-electron chi connectivity index (χ2n) is 2.07. The van der Waals surface area contributed by atoms with Crippen LogP contribution in [0.25, 0.3) is 0 Å². The zero-order valence-electron chi connectivity index (χ0n) is 6.91. The number of nitrogens with zero attached hydrogens (tertiary/aromatic N) is 2. The summed E-state index contributed by atoms with van der Waals surface area (Å²) in [6.07, 6.45) is 0. The standard InChI is InChI=1S/C6H12N4O2/c1-2-11-4-3-8-6-10-9-5(7)12-6/h2-4H2,1H3,(H2,7,9)(H,8,10). The van der Waals surface area contributed by atoms with Crippen LogP contribution in [-0.4, -0.2) is 30.0 Å². The van der Waals surface area contributed by atoms with Gasteiger partial charge >= 0.3 is 12.0 Å². The summed E-state index contributed by atoms with van der Waals surface area (Å²) in [7, 11) is 0. The van der Waals surface area contributed by atoms with Crippen LogP contribution in [0.2, 0.25) is 0 Å². The first kappa shape index (κ1) is 8.79. The van der Waals surface area contributed by atoms with E-state index in [1.807, 2.05) is 6.92 Å². The number of nitrogen functional groups attached to an aromatic ring is 1. The molecule has 0 saturated heterocycles. The molecule has 1 aromatic rings. The molecule has 3 N–H and O–H groups in total. The van der Waals surface area contributed by atoms with Crippen molar-refractivity contribution in [2.45, 2.75) is 6.92 Å². The summed E-state index contributed by atoms with van der Waals surface area (Å²) in [5.74, 6) is 0. The Bertz CT molecular complexity index is 225. The summed E-state index contributed by atoms with van der Waals surface area (Å²) in [4.78, 5) is 0. The fourth-order valence-electron chi connectivity index (χ4n) is 0.680. The van der Waals surface area contributed by atoms with Gasteiger partial charge in [0.15, 0.2) is 0 Å². The Labute approximate surface area is 70.1 Å². The third-order valence-corrected chi connectivity index (χ3v) is 1.17. The molecule has 12 heavy (non-hydrogen) atoms. The largest absolute Gasteiger partial charge is 0.390 e. The molecule has 0 bridgehead atoms. The average molecular weight is 172 g/mol. The molecule has 0 saturated carbocycles. The summed E-state index contributed by atoms with van der Waals surface area (Å²) < 4.78 is 9.93. The minimum atomic E-state index is 0.0638. The van der Waals surface area contributed by atoms with E-state index in [2.05, 4.69) is 15.5 Å². The molecule has 0 aliphatic carbocycles. The van der Waals surface area contributed by atoms with Crippen LogP contribution < -0.4 is 11.1 Å². The van der Waals surface area contributed by atoms with Crippen molar-refractivity contribution in [1.29, 1.82) is 0 Å². The van der Waals surface area contributed by atoms with Gasteiger partial charge in [0.25, 0.3) is 0 Å². The first-order chi connectivity index (χ1) is 5.83. The van der Waals surface area contributed by atoms with E-state index in [1.54, 1.807) is 0 Å². The van der Waals surface area contributed by atoms with E-state index in [9.17, 15) is 0 Å². The lowest BCUT2D eigenvalue weighted by Crippen LogP contribution is -2.09. The highest BCUT2D eigenvalue weighted by atomic mass is 16.5. The van der Waals surface area contributed by atoms with E-state index in [-0.39, 0.29) is 6.01 Å². The van der Waals surface area contributed by atoms with Crippen LogP contribution in [0.5, 0.6) is 0 Å². The van der Waals surface area contributed by atoms with Gasteiger partial charge in [-0.15, -0.1) is 0 Å². The zero-order chi connectivity index (χ0) is 8.81. The highest BCUT2D eigenvalue weighted by Gasteiger charge is 1.99. The van der Waals surface area contributed by atoms with Crippen LogP contribution in [0.1, 0.15) is 6.92 Å². The Balaban J connectivity index is 2.15. The molecule has 1 aromatic heterocycles. The molecule has 0 aromatic carbocycles. The van der Waals surface area contributed by atoms with Crippen LogP contribution in [0, 0.1) is 0 Å². The molecule has 0 amide bonds. The van der Waals surface area contributed by atoms with Crippen molar-refractivity contribution in [3.8, 4) is 0 Å². The molecule has 6 nitrogen and oxygen atoms in total. The molecular formula is C6H12N4O2. The third kappa shape index (κ3) is 2.75. The number of anilines is 2. The van der Waals surface area contributed by atoms with Crippen molar-refractivity contribution in [3.05, 3.63) is 0 Å². The van der Waals surface area contributed by atoms with Crippen molar-refractivity contribution in [3.63, 3.8) is 0 Å². The normalized spacial score (nSPS) is 10.1. The maximum absolute atomic E-state index is 5.20. The van der Waals surface area contributed by atoms with Crippen molar-refractivity contribution < 1.29 is 9.15 Å². The summed E-state index contributed by atoms with van der Waals surface area (Å²) in [6.45, 7) is 3.88. The lowest BCUT2D eigenvalue weighted by Gasteiger charge is -1.99. The summed E-state index contributed by atoms with van der Waals surface area (Å²) in [6, 6.07) is 0.390. The van der Waals surface area contributed by atoms with Gasteiger partial charge in [0.1, 0.15) is 0 Å². The van der Waals surface area contributed by atoms with Crippen molar-refractivity contribution in [2.24, 2.45) is 0 Å². The number of nitrogens with two attached hydrogens (primary N) is 1. The molecule has 0 unspecified atom stereocenters. The zero-order valence-corrected chi connectivity index (χ0v) is 6.91. The second-order valence-corrected chi connectivity index (χ2v) is 2.07. The Morgan fingerprint density at radius 3 is 3.00 bits per heavy atom. The predicted octanol–water partition coefficient (Wildman–Crippen LogP) is 0.100. The predicted molar refractivity (Wildman–Crippen MR) is 43.7 cm³/mol. The summed E-state index contributed by atoms with van der Waals surface area (Å²) in [5.41, 5.74) is 5.20. The molecule has 1 rings (SSSR count). The van der Waals surface area contributed by atoms with Gasteiger partial charge in [-0.1, -0.05) is 10.2 Å². The van der Waals surface area contributed by atoms with E-state index in [0.29, 0.717) is 25.8 Å². The van der Waals surface area contributed by atoms with Crippen LogP contribution in [0.3, 0.4) is 0 Å². The minimum absolute atomic E-state index is 0.0638. The molecule has 0 atom stereocenters. The maximum Gasteiger partial charge on any atom is 0.316 e. The molecule has 68 valence electrons.